The Morgan fingerprint density at radius 3 is 1.74 bits per heavy atom. The zero-order valence-corrected chi connectivity index (χ0v) is 21.9. The van der Waals surface area contributed by atoms with Crippen LogP contribution >= 0.6 is 11.6 Å². The Bertz CT molecular complexity index is 591. The van der Waals surface area contributed by atoms with E-state index in [9.17, 15) is 9.59 Å². The molecule has 0 radical (unpaired) electrons. The van der Waals surface area contributed by atoms with Gasteiger partial charge in [-0.3, -0.25) is 9.59 Å². The lowest BCUT2D eigenvalue weighted by molar-refractivity contribution is -0.142. The molecular weight excluding hydrogens is 420 g/mol. The number of hydrogen-bond donors (Lipinski definition) is 1. The van der Waals surface area contributed by atoms with E-state index in [2.05, 4.69) is 41.5 Å². The van der Waals surface area contributed by atoms with Crippen molar-refractivity contribution in [3.8, 4) is 0 Å². The minimum absolute atomic E-state index is 0.00283. The van der Waals surface area contributed by atoms with E-state index in [1.54, 1.807) is 6.92 Å². The molecule has 0 fully saturated rings. The lowest BCUT2D eigenvalue weighted by atomic mass is 10.1. The number of hydrogen-bond acceptors (Lipinski definition) is 8. The summed E-state index contributed by atoms with van der Waals surface area (Å²) in [4.78, 5) is 20.3. The minimum atomic E-state index is -0.715. The number of halogens is 1. The van der Waals surface area contributed by atoms with Gasteiger partial charge in [0.2, 0.25) is 0 Å². The maximum absolute atomic E-state index is 10.5. The molecule has 0 saturated heterocycles. The molecule has 0 amide bonds. The van der Waals surface area contributed by atoms with Crippen molar-refractivity contribution in [3.63, 3.8) is 0 Å². The number of carbonyl (C=O) groups excluding carboxylic acids is 2. The number of nitrogens with one attached hydrogen (secondary N) is 1. The van der Waals surface area contributed by atoms with Crippen LogP contribution in [0, 0.1) is 0 Å². The lowest BCUT2D eigenvalue weighted by Crippen LogP contribution is -2.32. The maximum atomic E-state index is 10.5. The van der Waals surface area contributed by atoms with E-state index in [4.69, 9.17) is 21.1 Å². The third kappa shape index (κ3) is 28.3. The molecule has 0 bridgehead atoms. The van der Waals surface area contributed by atoms with Gasteiger partial charge < -0.3 is 14.9 Å². The molecule has 0 aromatic rings. The monoisotopic (exact) mass is 462 g/mol. The molecule has 31 heavy (non-hydrogen) atoms. The summed E-state index contributed by atoms with van der Waals surface area (Å²) in [5, 5.41) is 12.5. The van der Waals surface area contributed by atoms with Crippen LogP contribution in [0.2, 0.25) is 0 Å². The molecule has 0 aromatic heterocycles. The Balaban J connectivity index is 0. The summed E-state index contributed by atoms with van der Waals surface area (Å²) in [5.74, 6) is -0.495. The van der Waals surface area contributed by atoms with E-state index < -0.39 is 5.00 Å². The largest absolute Gasteiger partial charge is 0.466 e. The van der Waals surface area contributed by atoms with E-state index in [1.807, 2.05) is 27.7 Å². The van der Waals surface area contributed by atoms with Crippen LogP contribution < -0.4 is 5.43 Å². The normalized spacial score (nSPS) is 14.4. The topological polar surface area (TPSA) is 102 Å². The van der Waals surface area contributed by atoms with Crippen LogP contribution in [0.1, 0.15) is 94.9 Å². The molecule has 8 nitrogen and oxygen atoms in total. The first kappa shape index (κ1) is 31.5. The number of azo groups is 1. The Hall–Kier alpha value is -1.70. The molecule has 0 saturated carbocycles. The van der Waals surface area contributed by atoms with Gasteiger partial charge in [-0.25, -0.2) is 0 Å². The highest BCUT2D eigenvalue weighted by molar-refractivity contribution is 6.23. The molecule has 0 aliphatic heterocycles. The highest BCUT2D eigenvalue weighted by Gasteiger charge is 2.21. The van der Waals surface area contributed by atoms with Crippen molar-refractivity contribution in [3.05, 3.63) is 0 Å². The number of nitrogens with zero attached hydrogens (tertiary/aromatic N) is 3. The standard InChI is InChI=1S/C11H21ClN2O2.C11H22N2O2/c1-9(15)16-8-6-7-11(5,12)14-13-10(2,3)4;1-9(12-13-11(3,4)5)7-6-8-15-10(2)14/h6-8H2,1-5H3;13H,6-8H2,1-5H3. The van der Waals surface area contributed by atoms with Crippen molar-refractivity contribution in [1.82, 2.24) is 5.43 Å². The number of rotatable bonds is 10. The van der Waals surface area contributed by atoms with E-state index >= 15 is 0 Å². The first-order valence-electron chi connectivity index (χ1n) is 10.6. The first-order valence-corrected chi connectivity index (χ1v) is 11.0. The predicted molar refractivity (Wildman–Crippen MR) is 127 cm³/mol. The smallest absolute Gasteiger partial charge is 0.302 e. The minimum Gasteiger partial charge on any atom is -0.466 e. The fraction of sp³-hybridized carbons (Fsp3) is 0.864. The lowest BCUT2D eigenvalue weighted by Gasteiger charge is -2.18. The van der Waals surface area contributed by atoms with Crippen molar-refractivity contribution in [1.29, 1.82) is 0 Å². The fourth-order valence-electron chi connectivity index (χ4n) is 1.78. The summed E-state index contributed by atoms with van der Waals surface area (Å²) < 4.78 is 9.64. The molecule has 1 atom stereocenters. The molecule has 182 valence electrons. The number of hydrazone groups is 1. The molecule has 0 heterocycles. The highest BCUT2D eigenvalue weighted by atomic mass is 35.5. The van der Waals surface area contributed by atoms with Gasteiger partial charge in [-0.1, -0.05) is 11.6 Å². The maximum Gasteiger partial charge on any atom is 0.302 e. The predicted octanol–water partition coefficient (Wildman–Crippen LogP) is 5.63. The van der Waals surface area contributed by atoms with E-state index in [1.165, 1.54) is 13.8 Å². The highest BCUT2D eigenvalue weighted by Crippen LogP contribution is 2.25. The SMILES string of the molecule is CC(=O)OCCCC(C)(Cl)N=NC(C)(C)C.CC(=O)OCCCC(C)=NNC(C)(C)C. The van der Waals surface area contributed by atoms with Crippen LogP contribution in [-0.2, 0) is 19.1 Å². The molecule has 1 N–H and O–H groups in total. The van der Waals surface area contributed by atoms with Crippen LogP contribution in [0.4, 0.5) is 0 Å². The summed E-state index contributed by atoms with van der Waals surface area (Å²) in [5.41, 5.74) is 3.86. The zero-order chi connectivity index (χ0) is 24.7. The second-order valence-electron chi connectivity index (χ2n) is 9.61. The third-order valence-electron chi connectivity index (χ3n) is 3.21. The van der Waals surface area contributed by atoms with Gasteiger partial charge in [0.25, 0.3) is 0 Å². The van der Waals surface area contributed by atoms with Gasteiger partial charge in [-0.15, -0.1) is 0 Å². The Kier molecular flexibility index (Phi) is 15.4. The molecule has 0 aliphatic carbocycles. The first-order chi connectivity index (χ1) is 13.9. The average Bonchev–Trinajstić information content (AvgIpc) is 2.58. The van der Waals surface area contributed by atoms with Crippen LogP contribution in [0.15, 0.2) is 15.3 Å². The fourth-order valence-corrected chi connectivity index (χ4v) is 1.95. The molecule has 0 rings (SSSR count). The van der Waals surface area contributed by atoms with Crippen molar-refractivity contribution < 1.29 is 19.1 Å². The number of ether oxygens (including phenoxy) is 2. The van der Waals surface area contributed by atoms with Crippen LogP contribution in [0.3, 0.4) is 0 Å². The summed E-state index contributed by atoms with van der Waals surface area (Å²) >= 11 is 6.16. The summed E-state index contributed by atoms with van der Waals surface area (Å²) in [6.45, 7) is 19.5. The van der Waals surface area contributed by atoms with Gasteiger partial charge >= 0.3 is 11.9 Å². The van der Waals surface area contributed by atoms with Gasteiger partial charge in [0.15, 0.2) is 5.00 Å². The van der Waals surface area contributed by atoms with Gasteiger partial charge in [0, 0.05) is 25.1 Å². The van der Waals surface area contributed by atoms with Gasteiger partial charge in [0.05, 0.1) is 18.8 Å². The average molecular weight is 463 g/mol. The zero-order valence-electron chi connectivity index (χ0n) is 21.1. The van der Waals surface area contributed by atoms with Crippen molar-refractivity contribution >= 4 is 29.3 Å². The van der Waals surface area contributed by atoms with Gasteiger partial charge in [-0.05, 0) is 81.1 Å². The molecule has 0 aliphatic rings. The second-order valence-corrected chi connectivity index (χ2v) is 10.4. The van der Waals surface area contributed by atoms with Gasteiger partial charge in [0.1, 0.15) is 0 Å². The van der Waals surface area contributed by atoms with E-state index in [0.717, 1.165) is 18.6 Å². The Labute approximate surface area is 193 Å². The molecule has 1 unspecified atom stereocenters. The Morgan fingerprint density at radius 1 is 0.839 bits per heavy atom. The number of carbonyl (C=O) groups is 2. The van der Waals surface area contributed by atoms with Crippen LogP contribution in [0.5, 0.6) is 0 Å². The molecule has 0 spiro atoms. The third-order valence-corrected chi connectivity index (χ3v) is 3.48. The summed E-state index contributed by atoms with van der Waals surface area (Å²) in [6.07, 6.45) is 2.97. The molecule has 9 heteroatoms. The number of alkyl halides is 1. The van der Waals surface area contributed by atoms with Crippen molar-refractivity contribution in [2.75, 3.05) is 13.2 Å². The van der Waals surface area contributed by atoms with Crippen molar-refractivity contribution in [2.24, 2.45) is 15.3 Å². The quantitative estimate of drug-likeness (QED) is 0.0861. The molecular formula is C22H43ClN4O4. The van der Waals surface area contributed by atoms with Crippen molar-refractivity contribution in [2.45, 2.75) is 111 Å². The van der Waals surface area contributed by atoms with Crippen LogP contribution in [0.25, 0.3) is 0 Å². The number of esters is 2. The summed E-state index contributed by atoms with van der Waals surface area (Å²) in [6, 6.07) is 0. The molecule has 0 aromatic carbocycles. The Morgan fingerprint density at radius 2 is 1.32 bits per heavy atom. The van der Waals surface area contributed by atoms with E-state index in [0.29, 0.717) is 26.1 Å². The van der Waals surface area contributed by atoms with E-state index in [-0.39, 0.29) is 23.0 Å². The van der Waals surface area contributed by atoms with Crippen LogP contribution in [-0.4, -0.2) is 46.9 Å². The summed E-state index contributed by atoms with van der Waals surface area (Å²) in [7, 11) is 0. The van der Waals surface area contributed by atoms with Gasteiger partial charge in [-0.2, -0.15) is 15.3 Å². The second kappa shape index (κ2) is 15.2.